The van der Waals surface area contributed by atoms with Gasteiger partial charge in [0.25, 0.3) is 5.91 Å². The molecular formula is C27H24ClFN4O3. The molecule has 1 fully saturated rings. The predicted molar refractivity (Wildman–Crippen MR) is 134 cm³/mol. The lowest BCUT2D eigenvalue weighted by molar-refractivity contribution is -0.149. The zero-order valence-electron chi connectivity index (χ0n) is 19.7. The lowest BCUT2D eigenvalue weighted by Gasteiger charge is -2.31. The van der Waals surface area contributed by atoms with Gasteiger partial charge in [-0.3, -0.25) is 9.59 Å². The van der Waals surface area contributed by atoms with Crippen molar-refractivity contribution in [3.63, 3.8) is 0 Å². The predicted octanol–water partition coefficient (Wildman–Crippen LogP) is 5.27. The van der Waals surface area contributed by atoms with E-state index in [1.165, 1.54) is 10.6 Å². The van der Waals surface area contributed by atoms with E-state index in [4.69, 9.17) is 16.3 Å². The van der Waals surface area contributed by atoms with Crippen LogP contribution in [0.1, 0.15) is 30.3 Å². The van der Waals surface area contributed by atoms with Gasteiger partial charge in [-0.15, -0.1) is 0 Å². The number of likely N-dealkylation sites (tertiary alicyclic amines) is 1. The van der Waals surface area contributed by atoms with Crippen LogP contribution in [0.4, 0.5) is 4.39 Å². The molecule has 1 unspecified atom stereocenters. The molecule has 1 atom stereocenters. The normalized spacial score (nSPS) is 15.8. The Hall–Kier alpha value is -3.78. The number of ether oxygens (including phenoxy) is 1. The summed E-state index contributed by atoms with van der Waals surface area (Å²) < 4.78 is 21.3. The molecule has 0 radical (unpaired) electrons. The maximum absolute atomic E-state index is 14.7. The molecule has 1 aliphatic heterocycles. The lowest BCUT2D eigenvalue weighted by atomic mass is 9.98. The Morgan fingerprint density at radius 2 is 1.89 bits per heavy atom. The first-order chi connectivity index (χ1) is 17.4. The second-order valence-corrected chi connectivity index (χ2v) is 9.09. The van der Waals surface area contributed by atoms with Crippen LogP contribution in [0.2, 0.25) is 5.02 Å². The third kappa shape index (κ3) is 4.68. The number of rotatable bonds is 5. The molecule has 5 rings (SSSR count). The molecule has 0 N–H and O–H groups in total. The van der Waals surface area contributed by atoms with Gasteiger partial charge in [0.1, 0.15) is 11.5 Å². The second kappa shape index (κ2) is 10.1. The molecule has 7 nitrogen and oxygen atoms in total. The van der Waals surface area contributed by atoms with Crippen molar-refractivity contribution in [2.45, 2.75) is 19.8 Å². The van der Waals surface area contributed by atoms with E-state index in [2.05, 4.69) is 10.1 Å². The Bertz CT molecular complexity index is 1440. The van der Waals surface area contributed by atoms with E-state index in [1.807, 2.05) is 12.1 Å². The van der Waals surface area contributed by atoms with Gasteiger partial charge in [-0.05, 0) is 50.1 Å². The highest BCUT2D eigenvalue weighted by molar-refractivity contribution is 6.30. The van der Waals surface area contributed by atoms with Crippen LogP contribution in [0.25, 0.3) is 28.2 Å². The SMILES string of the molecule is CCOC(=O)C1CCCN(C(=O)c2cc(-c3ccccc3F)nc3cc(-c4ccc(Cl)cc4)nn23)C1. The highest BCUT2D eigenvalue weighted by Crippen LogP contribution is 2.28. The molecule has 1 amide bonds. The van der Waals surface area contributed by atoms with E-state index in [-0.39, 0.29) is 35.6 Å². The van der Waals surface area contributed by atoms with Crippen molar-refractivity contribution in [2.75, 3.05) is 19.7 Å². The fourth-order valence-electron chi connectivity index (χ4n) is 4.47. The molecule has 184 valence electrons. The first-order valence-electron chi connectivity index (χ1n) is 11.8. The first kappa shape index (κ1) is 23.9. The quantitative estimate of drug-likeness (QED) is 0.345. The summed E-state index contributed by atoms with van der Waals surface area (Å²) in [6.07, 6.45) is 1.34. The standard InChI is InChI=1S/C27H24ClFN4O3/c1-2-36-27(35)18-6-5-13-32(16-18)26(34)24-14-23(20-7-3-4-8-21(20)29)30-25-15-22(31-33(24)25)17-9-11-19(28)12-10-17/h3-4,7-12,14-15,18H,2,5-6,13,16H2,1H3. The van der Waals surface area contributed by atoms with Crippen molar-refractivity contribution in [1.82, 2.24) is 19.5 Å². The maximum Gasteiger partial charge on any atom is 0.310 e. The topological polar surface area (TPSA) is 76.8 Å². The lowest BCUT2D eigenvalue weighted by Crippen LogP contribution is -2.43. The van der Waals surface area contributed by atoms with Crippen LogP contribution in [-0.2, 0) is 9.53 Å². The number of hydrogen-bond donors (Lipinski definition) is 0. The number of fused-ring (bicyclic) bond motifs is 1. The van der Waals surface area contributed by atoms with Gasteiger partial charge >= 0.3 is 5.97 Å². The van der Waals surface area contributed by atoms with E-state index < -0.39 is 5.82 Å². The summed E-state index contributed by atoms with van der Waals surface area (Å²) in [4.78, 5) is 32.4. The van der Waals surface area contributed by atoms with Crippen LogP contribution in [-0.4, -0.2) is 51.1 Å². The number of benzene rings is 2. The van der Waals surface area contributed by atoms with Gasteiger partial charge in [-0.25, -0.2) is 13.9 Å². The molecule has 0 spiro atoms. The van der Waals surface area contributed by atoms with Gasteiger partial charge in [0, 0.05) is 35.3 Å². The van der Waals surface area contributed by atoms with Gasteiger partial charge < -0.3 is 9.64 Å². The molecule has 0 saturated carbocycles. The van der Waals surface area contributed by atoms with E-state index in [0.29, 0.717) is 48.1 Å². The van der Waals surface area contributed by atoms with Gasteiger partial charge in [-0.1, -0.05) is 35.9 Å². The zero-order valence-corrected chi connectivity index (χ0v) is 20.4. The maximum atomic E-state index is 14.7. The number of halogens is 2. The summed E-state index contributed by atoms with van der Waals surface area (Å²) in [5.74, 6) is -1.43. The number of nitrogens with zero attached hydrogens (tertiary/aromatic N) is 4. The molecule has 0 aliphatic carbocycles. The highest BCUT2D eigenvalue weighted by atomic mass is 35.5. The van der Waals surface area contributed by atoms with Crippen LogP contribution >= 0.6 is 11.6 Å². The summed E-state index contributed by atoms with van der Waals surface area (Å²) in [5.41, 5.74) is 2.65. The van der Waals surface area contributed by atoms with Crippen LogP contribution < -0.4 is 0 Å². The van der Waals surface area contributed by atoms with Crippen molar-refractivity contribution in [1.29, 1.82) is 0 Å². The van der Waals surface area contributed by atoms with Crippen LogP contribution in [0.3, 0.4) is 0 Å². The van der Waals surface area contributed by atoms with E-state index in [0.717, 1.165) is 5.56 Å². The Morgan fingerprint density at radius 3 is 2.64 bits per heavy atom. The summed E-state index contributed by atoms with van der Waals surface area (Å²) in [5, 5.41) is 5.24. The second-order valence-electron chi connectivity index (χ2n) is 8.66. The van der Waals surface area contributed by atoms with Gasteiger partial charge in [0.15, 0.2) is 5.65 Å². The average Bonchev–Trinajstić information content (AvgIpc) is 3.33. The number of amides is 1. The fourth-order valence-corrected chi connectivity index (χ4v) is 4.60. The smallest absolute Gasteiger partial charge is 0.310 e. The molecule has 2 aromatic heterocycles. The molecule has 36 heavy (non-hydrogen) atoms. The van der Waals surface area contributed by atoms with Crippen LogP contribution in [0, 0.1) is 11.7 Å². The van der Waals surface area contributed by atoms with Crippen molar-refractivity contribution in [2.24, 2.45) is 5.92 Å². The van der Waals surface area contributed by atoms with Gasteiger partial charge in [0.05, 0.1) is 23.9 Å². The molecule has 9 heteroatoms. The minimum Gasteiger partial charge on any atom is -0.466 e. The van der Waals surface area contributed by atoms with Crippen molar-refractivity contribution < 1.29 is 18.7 Å². The van der Waals surface area contributed by atoms with Gasteiger partial charge in [0.2, 0.25) is 0 Å². The van der Waals surface area contributed by atoms with Gasteiger partial charge in [-0.2, -0.15) is 5.10 Å². The molecule has 3 heterocycles. The Morgan fingerprint density at radius 1 is 1.11 bits per heavy atom. The number of hydrogen-bond acceptors (Lipinski definition) is 5. The number of carbonyl (C=O) groups is 2. The number of piperidine rings is 1. The van der Waals surface area contributed by atoms with Crippen LogP contribution in [0.5, 0.6) is 0 Å². The molecule has 4 aromatic rings. The summed E-state index contributed by atoms with van der Waals surface area (Å²) in [7, 11) is 0. The number of esters is 1. The monoisotopic (exact) mass is 506 g/mol. The Labute approximate surface area is 212 Å². The average molecular weight is 507 g/mol. The molecule has 0 bridgehead atoms. The summed E-state index contributed by atoms with van der Waals surface area (Å²) in [6, 6.07) is 16.8. The molecule has 1 saturated heterocycles. The number of carbonyl (C=O) groups excluding carboxylic acids is 2. The Kier molecular flexibility index (Phi) is 6.69. The minimum absolute atomic E-state index is 0.239. The number of aromatic nitrogens is 3. The van der Waals surface area contributed by atoms with Crippen molar-refractivity contribution >= 4 is 29.1 Å². The zero-order chi connectivity index (χ0) is 25.2. The Balaban J connectivity index is 1.59. The van der Waals surface area contributed by atoms with E-state index in [9.17, 15) is 14.0 Å². The van der Waals surface area contributed by atoms with Crippen LogP contribution in [0.15, 0.2) is 60.7 Å². The largest absolute Gasteiger partial charge is 0.466 e. The highest BCUT2D eigenvalue weighted by Gasteiger charge is 2.31. The first-order valence-corrected chi connectivity index (χ1v) is 12.2. The van der Waals surface area contributed by atoms with E-state index in [1.54, 1.807) is 54.3 Å². The summed E-state index contributed by atoms with van der Waals surface area (Å²) >= 11 is 6.03. The molecule has 2 aromatic carbocycles. The fraction of sp³-hybridized carbons (Fsp3) is 0.259. The minimum atomic E-state index is -0.439. The molecule has 1 aliphatic rings. The third-order valence-electron chi connectivity index (χ3n) is 6.26. The van der Waals surface area contributed by atoms with Crippen molar-refractivity contribution in [3.8, 4) is 22.5 Å². The molecular weight excluding hydrogens is 483 g/mol. The summed E-state index contributed by atoms with van der Waals surface area (Å²) in [6.45, 7) is 2.80. The van der Waals surface area contributed by atoms with E-state index >= 15 is 0 Å². The van der Waals surface area contributed by atoms with Crippen molar-refractivity contribution in [3.05, 3.63) is 77.2 Å². The third-order valence-corrected chi connectivity index (χ3v) is 6.52.